The molecule has 3 atom stereocenters. The van der Waals surface area contributed by atoms with E-state index in [1.807, 2.05) is 0 Å². The van der Waals surface area contributed by atoms with Gasteiger partial charge in [-0.15, -0.1) is 21.8 Å². The maximum atomic E-state index is 6.38. The standard InChI is InChI=1S/C11H19ClN4/c1-3-8-4-5-10(12)9(6-8)7-11-13-15-16(2)14-11/h8-10H,3-7H2,1-2H3. The van der Waals surface area contributed by atoms with Gasteiger partial charge in [0.15, 0.2) is 5.82 Å². The molecule has 1 aliphatic rings. The Morgan fingerprint density at radius 3 is 2.88 bits per heavy atom. The highest BCUT2D eigenvalue weighted by molar-refractivity contribution is 6.20. The Morgan fingerprint density at radius 1 is 1.44 bits per heavy atom. The third-order valence-electron chi connectivity index (χ3n) is 3.57. The summed E-state index contributed by atoms with van der Waals surface area (Å²) in [6.07, 6.45) is 5.75. The van der Waals surface area contributed by atoms with Crippen LogP contribution in [-0.2, 0) is 13.5 Å². The molecule has 0 aromatic carbocycles. The highest BCUT2D eigenvalue weighted by atomic mass is 35.5. The first-order valence-electron chi connectivity index (χ1n) is 6.06. The van der Waals surface area contributed by atoms with Crippen LogP contribution in [0.25, 0.3) is 0 Å². The van der Waals surface area contributed by atoms with Crippen molar-refractivity contribution >= 4 is 11.6 Å². The highest BCUT2D eigenvalue weighted by Gasteiger charge is 2.29. The van der Waals surface area contributed by atoms with E-state index in [2.05, 4.69) is 22.3 Å². The summed E-state index contributed by atoms with van der Waals surface area (Å²) in [5.74, 6) is 2.18. The molecule has 1 fully saturated rings. The molecule has 0 spiro atoms. The molecule has 1 saturated carbocycles. The van der Waals surface area contributed by atoms with Crippen LogP contribution in [0.1, 0.15) is 38.4 Å². The van der Waals surface area contributed by atoms with E-state index in [4.69, 9.17) is 11.6 Å². The monoisotopic (exact) mass is 242 g/mol. The van der Waals surface area contributed by atoms with E-state index in [0.717, 1.165) is 24.6 Å². The first kappa shape index (κ1) is 11.8. The van der Waals surface area contributed by atoms with Gasteiger partial charge in [-0.2, -0.15) is 4.80 Å². The Bertz CT molecular complexity index is 338. The summed E-state index contributed by atoms with van der Waals surface area (Å²) in [4.78, 5) is 1.51. The van der Waals surface area contributed by atoms with Gasteiger partial charge in [-0.3, -0.25) is 0 Å². The quantitative estimate of drug-likeness (QED) is 0.764. The molecular formula is C11H19ClN4. The zero-order chi connectivity index (χ0) is 11.5. The van der Waals surface area contributed by atoms with Crippen molar-refractivity contribution in [2.45, 2.75) is 44.4 Å². The van der Waals surface area contributed by atoms with E-state index in [0.29, 0.717) is 5.92 Å². The van der Waals surface area contributed by atoms with Crippen molar-refractivity contribution in [3.05, 3.63) is 5.82 Å². The van der Waals surface area contributed by atoms with E-state index < -0.39 is 0 Å². The minimum atomic E-state index is 0.284. The first-order chi connectivity index (χ1) is 7.69. The minimum absolute atomic E-state index is 0.284. The number of hydrogen-bond donors (Lipinski definition) is 0. The van der Waals surface area contributed by atoms with Gasteiger partial charge in [-0.1, -0.05) is 13.3 Å². The van der Waals surface area contributed by atoms with Gasteiger partial charge in [0.2, 0.25) is 0 Å². The van der Waals surface area contributed by atoms with Gasteiger partial charge in [-0.25, -0.2) is 0 Å². The Balaban J connectivity index is 1.96. The molecule has 1 aliphatic carbocycles. The molecule has 5 heteroatoms. The molecule has 3 unspecified atom stereocenters. The van der Waals surface area contributed by atoms with Crippen LogP contribution in [0.15, 0.2) is 0 Å². The van der Waals surface area contributed by atoms with Gasteiger partial charge in [0.25, 0.3) is 0 Å². The van der Waals surface area contributed by atoms with Crippen molar-refractivity contribution in [3.8, 4) is 0 Å². The number of nitrogens with zero attached hydrogens (tertiary/aromatic N) is 4. The van der Waals surface area contributed by atoms with Crippen LogP contribution in [0.5, 0.6) is 0 Å². The molecule has 0 radical (unpaired) electrons. The van der Waals surface area contributed by atoms with Crippen molar-refractivity contribution in [3.63, 3.8) is 0 Å². The second-order valence-electron chi connectivity index (χ2n) is 4.76. The number of tetrazole rings is 1. The molecular weight excluding hydrogens is 224 g/mol. The Labute approximate surface area is 101 Å². The second kappa shape index (κ2) is 5.13. The lowest BCUT2D eigenvalue weighted by Crippen LogP contribution is -2.27. The lowest BCUT2D eigenvalue weighted by molar-refractivity contribution is 0.262. The predicted molar refractivity (Wildman–Crippen MR) is 63.3 cm³/mol. The summed E-state index contributed by atoms with van der Waals surface area (Å²) in [5, 5.41) is 12.4. The van der Waals surface area contributed by atoms with E-state index in [9.17, 15) is 0 Å². The molecule has 0 saturated heterocycles. The van der Waals surface area contributed by atoms with Crippen LogP contribution >= 0.6 is 11.6 Å². The molecule has 16 heavy (non-hydrogen) atoms. The summed E-state index contributed by atoms with van der Waals surface area (Å²) in [7, 11) is 1.80. The molecule has 1 aromatic heterocycles. The van der Waals surface area contributed by atoms with E-state index in [1.54, 1.807) is 7.05 Å². The third kappa shape index (κ3) is 2.73. The Hall–Kier alpha value is -0.640. The summed E-state index contributed by atoms with van der Waals surface area (Å²) < 4.78 is 0. The number of alkyl halides is 1. The Morgan fingerprint density at radius 2 is 2.25 bits per heavy atom. The molecule has 2 rings (SSSR count). The van der Waals surface area contributed by atoms with Crippen molar-refractivity contribution < 1.29 is 0 Å². The SMILES string of the molecule is CCC1CCC(Cl)C(Cc2nnn(C)n2)C1. The maximum absolute atomic E-state index is 6.38. The van der Waals surface area contributed by atoms with Crippen LogP contribution in [0.4, 0.5) is 0 Å². The summed E-state index contributed by atoms with van der Waals surface area (Å²) in [5.41, 5.74) is 0. The zero-order valence-electron chi connectivity index (χ0n) is 9.93. The summed E-state index contributed by atoms with van der Waals surface area (Å²) >= 11 is 6.38. The molecule has 0 bridgehead atoms. The first-order valence-corrected chi connectivity index (χ1v) is 6.49. The number of aryl methyl sites for hydroxylation is 1. The van der Waals surface area contributed by atoms with Gasteiger partial charge in [0, 0.05) is 11.8 Å². The van der Waals surface area contributed by atoms with Crippen molar-refractivity contribution in [2.24, 2.45) is 18.9 Å². The fraction of sp³-hybridized carbons (Fsp3) is 0.909. The van der Waals surface area contributed by atoms with Gasteiger partial charge >= 0.3 is 0 Å². The largest absolute Gasteiger partial charge is 0.175 e. The zero-order valence-corrected chi connectivity index (χ0v) is 10.7. The van der Waals surface area contributed by atoms with Crippen LogP contribution in [0.2, 0.25) is 0 Å². The molecule has 4 nitrogen and oxygen atoms in total. The van der Waals surface area contributed by atoms with Gasteiger partial charge in [0.05, 0.1) is 7.05 Å². The molecule has 0 N–H and O–H groups in total. The highest BCUT2D eigenvalue weighted by Crippen LogP contribution is 2.35. The smallest absolute Gasteiger partial charge is 0.167 e. The van der Waals surface area contributed by atoms with Crippen LogP contribution in [0, 0.1) is 11.8 Å². The fourth-order valence-electron chi connectivity index (χ4n) is 2.55. The van der Waals surface area contributed by atoms with Gasteiger partial charge in [-0.05, 0) is 36.3 Å². The van der Waals surface area contributed by atoms with Crippen LogP contribution in [0.3, 0.4) is 0 Å². The van der Waals surface area contributed by atoms with Crippen molar-refractivity contribution in [1.82, 2.24) is 20.2 Å². The average molecular weight is 243 g/mol. The number of aromatic nitrogens is 4. The van der Waals surface area contributed by atoms with Crippen molar-refractivity contribution in [1.29, 1.82) is 0 Å². The normalized spacial score (nSPS) is 30.6. The molecule has 1 heterocycles. The number of rotatable bonds is 3. The fourth-order valence-corrected chi connectivity index (χ4v) is 2.86. The predicted octanol–water partition coefficient (Wildman–Crippen LogP) is 2.19. The maximum Gasteiger partial charge on any atom is 0.175 e. The van der Waals surface area contributed by atoms with Crippen LogP contribution in [-0.4, -0.2) is 25.6 Å². The minimum Gasteiger partial charge on any atom is -0.167 e. The Kier molecular flexibility index (Phi) is 3.79. The van der Waals surface area contributed by atoms with Crippen molar-refractivity contribution in [2.75, 3.05) is 0 Å². The van der Waals surface area contributed by atoms with Gasteiger partial charge < -0.3 is 0 Å². The molecule has 0 amide bonds. The van der Waals surface area contributed by atoms with E-state index in [1.165, 1.54) is 24.1 Å². The molecule has 1 aromatic rings. The lowest BCUT2D eigenvalue weighted by Gasteiger charge is -2.31. The van der Waals surface area contributed by atoms with Crippen LogP contribution < -0.4 is 0 Å². The van der Waals surface area contributed by atoms with E-state index in [-0.39, 0.29) is 5.38 Å². The average Bonchev–Trinajstić information content (AvgIpc) is 2.67. The number of halogens is 1. The topological polar surface area (TPSA) is 43.6 Å². The molecule has 0 aliphatic heterocycles. The third-order valence-corrected chi connectivity index (χ3v) is 4.14. The lowest BCUT2D eigenvalue weighted by atomic mass is 9.78. The van der Waals surface area contributed by atoms with Gasteiger partial charge in [0.1, 0.15) is 0 Å². The van der Waals surface area contributed by atoms with E-state index >= 15 is 0 Å². The second-order valence-corrected chi connectivity index (χ2v) is 5.32. The molecule has 90 valence electrons. The summed E-state index contributed by atoms with van der Waals surface area (Å²) in [6, 6.07) is 0. The summed E-state index contributed by atoms with van der Waals surface area (Å²) in [6.45, 7) is 2.26. The number of hydrogen-bond acceptors (Lipinski definition) is 3.